The summed E-state index contributed by atoms with van der Waals surface area (Å²) in [6.45, 7) is -3.63. The SMILES string of the molecule is O=C(N[C@@H](CC1CC1)c1nc2cc(F)c(F)cc2n1CCOC(F)F)c1cnc(C(F)F)cn1. The molecule has 7 nitrogen and oxygen atoms in total. The first kappa shape index (κ1) is 23.9. The number of carbonyl (C=O) groups excluding carboxylic acids is 1. The normalized spacial score (nSPS) is 14.8. The van der Waals surface area contributed by atoms with E-state index in [1.54, 1.807) is 0 Å². The summed E-state index contributed by atoms with van der Waals surface area (Å²) in [6, 6.07) is 0.999. The summed E-state index contributed by atoms with van der Waals surface area (Å²) < 4.78 is 83.8. The third-order valence-corrected chi connectivity index (χ3v) is 5.39. The average molecular weight is 487 g/mol. The van der Waals surface area contributed by atoms with Gasteiger partial charge in [-0.3, -0.25) is 9.78 Å². The van der Waals surface area contributed by atoms with Crippen LogP contribution < -0.4 is 5.32 Å². The number of benzene rings is 1. The van der Waals surface area contributed by atoms with Gasteiger partial charge in [0, 0.05) is 18.7 Å². The molecule has 0 spiro atoms. The molecule has 0 radical (unpaired) electrons. The maximum atomic E-state index is 13.9. The largest absolute Gasteiger partial charge is 0.345 e. The fraction of sp³-hybridized carbons (Fsp3) is 0.429. The van der Waals surface area contributed by atoms with Crippen molar-refractivity contribution >= 4 is 16.9 Å². The van der Waals surface area contributed by atoms with Crippen LogP contribution in [-0.4, -0.2) is 38.6 Å². The van der Waals surface area contributed by atoms with Crippen LogP contribution >= 0.6 is 0 Å². The maximum absolute atomic E-state index is 13.9. The van der Waals surface area contributed by atoms with Gasteiger partial charge < -0.3 is 14.6 Å². The van der Waals surface area contributed by atoms with E-state index in [9.17, 15) is 31.1 Å². The number of hydrogen-bond acceptors (Lipinski definition) is 5. The minimum Gasteiger partial charge on any atom is -0.341 e. The molecule has 1 aliphatic rings. The zero-order chi connectivity index (χ0) is 24.4. The zero-order valence-electron chi connectivity index (χ0n) is 17.5. The molecule has 1 N–H and O–H groups in total. The van der Waals surface area contributed by atoms with Crippen molar-refractivity contribution in [3.63, 3.8) is 0 Å². The van der Waals surface area contributed by atoms with Crippen molar-refractivity contribution < 1.29 is 35.9 Å². The molecule has 0 bridgehead atoms. The summed E-state index contributed by atoms with van der Waals surface area (Å²) in [6.07, 6.45) is 1.06. The van der Waals surface area contributed by atoms with E-state index in [2.05, 4.69) is 25.0 Å². The van der Waals surface area contributed by atoms with Crippen LogP contribution in [0, 0.1) is 17.6 Å². The van der Waals surface area contributed by atoms with E-state index < -0.39 is 48.9 Å². The first-order valence-corrected chi connectivity index (χ1v) is 10.4. The van der Waals surface area contributed by atoms with Gasteiger partial charge in [0.2, 0.25) is 0 Å². The van der Waals surface area contributed by atoms with Crippen molar-refractivity contribution in [3.05, 3.63) is 53.4 Å². The molecule has 4 rings (SSSR count). The number of carbonyl (C=O) groups is 1. The highest BCUT2D eigenvalue weighted by Gasteiger charge is 2.31. The summed E-state index contributed by atoms with van der Waals surface area (Å²) in [5.41, 5.74) is -0.591. The van der Waals surface area contributed by atoms with Crippen LogP contribution in [0.2, 0.25) is 0 Å². The third kappa shape index (κ3) is 5.46. The molecule has 1 amide bonds. The minimum atomic E-state index is -3.02. The monoisotopic (exact) mass is 487 g/mol. The zero-order valence-corrected chi connectivity index (χ0v) is 17.5. The lowest BCUT2D eigenvalue weighted by Crippen LogP contribution is -2.32. The van der Waals surface area contributed by atoms with E-state index in [4.69, 9.17) is 0 Å². The fourth-order valence-corrected chi connectivity index (χ4v) is 3.59. The van der Waals surface area contributed by atoms with E-state index in [1.165, 1.54) is 4.57 Å². The lowest BCUT2D eigenvalue weighted by Gasteiger charge is -2.20. The number of halogens is 6. The van der Waals surface area contributed by atoms with Crippen molar-refractivity contribution in [3.8, 4) is 0 Å². The van der Waals surface area contributed by atoms with Crippen LogP contribution in [0.5, 0.6) is 0 Å². The Hall–Kier alpha value is -3.22. The van der Waals surface area contributed by atoms with Gasteiger partial charge in [0.05, 0.1) is 36.1 Å². The number of nitrogens with zero attached hydrogens (tertiary/aromatic N) is 4. The predicted molar refractivity (Wildman–Crippen MR) is 106 cm³/mol. The van der Waals surface area contributed by atoms with Gasteiger partial charge in [0.1, 0.15) is 17.2 Å². The molecular formula is C21H19F6N5O2. The Morgan fingerprint density at radius 2 is 1.85 bits per heavy atom. The Kier molecular flexibility index (Phi) is 7.00. The van der Waals surface area contributed by atoms with Crippen molar-refractivity contribution in [1.82, 2.24) is 24.8 Å². The molecule has 34 heavy (non-hydrogen) atoms. The number of hydrogen-bond donors (Lipinski definition) is 1. The molecule has 3 aromatic rings. The molecule has 13 heteroatoms. The van der Waals surface area contributed by atoms with Crippen LogP contribution in [-0.2, 0) is 11.3 Å². The van der Waals surface area contributed by atoms with Crippen LogP contribution in [0.15, 0.2) is 24.5 Å². The van der Waals surface area contributed by atoms with E-state index in [1.807, 2.05) is 0 Å². The number of amides is 1. The van der Waals surface area contributed by atoms with Gasteiger partial charge in [0.15, 0.2) is 11.6 Å². The number of fused-ring (bicyclic) bond motifs is 1. The number of nitrogens with one attached hydrogen (secondary N) is 1. The number of alkyl halides is 4. The van der Waals surface area contributed by atoms with Crippen molar-refractivity contribution in [1.29, 1.82) is 0 Å². The Bertz CT molecular complexity index is 1170. The van der Waals surface area contributed by atoms with E-state index in [-0.39, 0.29) is 35.0 Å². The second kappa shape index (κ2) is 9.95. The molecule has 2 aromatic heterocycles. The molecule has 2 heterocycles. The van der Waals surface area contributed by atoms with Crippen LogP contribution in [0.3, 0.4) is 0 Å². The van der Waals surface area contributed by atoms with Gasteiger partial charge in [-0.2, -0.15) is 8.78 Å². The first-order valence-electron chi connectivity index (χ1n) is 10.4. The third-order valence-electron chi connectivity index (χ3n) is 5.39. The molecule has 1 saturated carbocycles. The standard InChI is InChI=1S/C21H19F6N5O2/c22-11-6-13-17(7-12(11)23)32(3-4-34-21(26)27)19(30-13)14(5-10-1-2-10)31-20(33)16-9-28-15(8-29-16)18(24)25/h6-10,14,18,21H,1-5H2,(H,31,33)/t14-/m0/s1. The average Bonchev–Trinajstić information content (AvgIpc) is 3.55. The summed E-state index contributed by atoms with van der Waals surface area (Å²) in [4.78, 5) is 24.3. The Balaban J connectivity index is 1.67. The number of rotatable bonds is 10. The molecule has 1 atom stereocenters. The predicted octanol–water partition coefficient (Wildman–Crippen LogP) is 4.55. The molecule has 1 fully saturated rings. The fourth-order valence-electron chi connectivity index (χ4n) is 3.59. The van der Waals surface area contributed by atoms with Gasteiger partial charge in [0.25, 0.3) is 12.3 Å². The van der Waals surface area contributed by atoms with Crippen LogP contribution in [0.25, 0.3) is 11.0 Å². The molecule has 1 aliphatic carbocycles. The van der Waals surface area contributed by atoms with E-state index in [0.29, 0.717) is 6.42 Å². The second-order valence-corrected chi connectivity index (χ2v) is 7.84. The van der Waals surface area contributed by atoms with E-state index >= 15 is 0 Å². The smallest absolute Gasteiger partial charge is 0.341 e. The summed E-state index contributed by atoms with van der Waals surface area (Å²) in [5.74, 6) is -2.57. The van der Waals surface area contributed by atoms with Gasteiger partial charge in [-0.05, 0) is 12.3 Å². The van der Waals surface area contributed by atoms with Crippen molar-refractivity contribution in [2.45, 2.75) is 44.9 Å². The number of ether oxygens (including phenoxy) is 1. The Morgan fingerprint density at radius 3 is 2.47 bits per heavy atom. The first-order chi connectivity index (χ1) is 16.2. The quantitative estimate of drug-likeness (QED) is 0.425. The molecular weight excluding hydrogens is 468 g/mol. The summed E-state index contributed by atoms with van der Waals surface area (Å²) in [7, 11) is 0. The molecule has 0 saturated heterocycles. The Morgan fingerprint density at radius 1 is 1.12 bits per heavy atom. The highest BCUT2D eigenvalue weighted by molar-refractivity contribution is 5.92. The van der Waals surface area contributed by atoms with Crippen molar-refractivity contribution in [2.75, 3.05) is 6.61 Å². The molecule has 0 unspecified atom stereocenters. The van der Waals surface area contributed by atoms with Crippen LogP contribution in [0.4, 0.5) is 26.3 Å². The van der Waals surface area contributed by atoms with Gasteiger partial charge in [-0.15, -0.1) is 0 Å². The maximum Gasteiger partial charge on any atom is 0.345 e. The van der Waals surface area contributed by atoms with Gasteiger partial charge in [-0.1, -0.05) is 12.8 Å². The lowest BCUT2D eigenvalue weighted by atomic mass is 10.1. The topological polar surface area (TPSA) is 81.9 Å². The Labute approximate surface area is 189 Å². The van der Waals surface area contributed by atoms with Crippen LogP contribution in [0.1, 0.15) is 53.7 Å². The highest BCUT2D eigenvalue weighted by Crippen LogP contribution is 2.38. The highest BCUT2D eigenvalue weighted by atomic mass is 19.3. The molecule has 182 valence electrons. The molecule has 0 aliphatic heterocycles. The number of imidazole rings is 1. The van der Waals surface area contributed by atoms with Gasteiger partial charge >= 0.3 is 6.61 Å². The second-order valence-electron chi connectivity index (χ2n) is 7.84. The summed E-state index contributed by atoms with van der Waals surface area (Å²) in [5, 5.41) is 2.71. The number of aromatic nitrogens is 4. The summed E-state index contributed by atoms with van der Waals surface area (Å²) >= 11 is 0. The molecule has 1 aromatic carbocycles. The lowest BCUT2D eigenvalue weighted by molar-refractivity contribution is -0.130. The minimum absolute atomic E-state index is 0.0714. The van der Waals surface area contributed by atoms with Gasteiger partial charge in [-0.25, -0.2) is 27.5 Å². The van der Waals surface area contributed by atoms with Crippen molar-refractivity contribution in [2.24, 2.45) is 5.92 Å². The van der Waals surface area contributed by atoms with E-state index in [0.717, 1.165) is 37.4 Å².